The molecule has 114 valence electrons. The lowest BCUT2D eigenvalue weighted by molar-refractivity contribution is 0.244. The van der Waals surface area contributed by atoms with Crippen LogP contribution in [-0.4, -0.2) is 35.1 Å². The molecule has 0 bridgehead atoms. The minimum atomic E-state index is 0.0714. The zero-order valence-electron chi connectivity index (χ0n) is 12.6. The van der Waals surface area contributed by atoms with Gasteiger partial charge in [-0.15, -0.1) is 0 Å². The molecule has 2 aliphatic rings. The van der Waals surface area contributed by atoms with Crippen molar-refractivity contribution < 1.29 is 5.11 Å². The zero-order valence-corrected chi connectivity index (χ0v) is 12.6. The van der Waals surface area contributed by atoms with Crippen LogP contribution in [0.5, 0.6) is 0 Å². The van der Waals surface area contributed by atoms with E-state index in [0.29, 0.717) is 5.92 Å². The molecule has 1 fully saturated rings. The van der Waals surface area contributed by atoms with E-state index in [0.717, 1.165) is 42.9 Å². The Bertz CT molecular complexity index is 557. The number of nitrogens with one attached hydrogen (secondary N) is 1. The lowest BCUT2D eigenvalue weighted by Crippen LogP contribution is -2.37. The minimum Gasteiger partial charge on any atom is -0.394 e. The van der Waals surface area contributed by atoms with Crippen molar-refractivity contribution in [2.75, 3.05) is 18.1 Å². The summed E-state index contributed by atoms with van der Waals surface area (Å²) < 4.78 is 0. The predicted octanol–water partition coefficient (Wildman–Crippen LogP) is 1.45. The third-order valence-corrected chi connectivity index (χ3v) is 4.91. The molecule has 0 spiro atoms. The van der Waals surface area contributed by atoms with Crippen LogP contribution in [-0.2, 0) is 12.8 Å². The summed E-state index contributed by atoms with van der Waals surface area (Å²) in [7, 11) is 0. The highest BCUT2D eigenvalue weighted by Crippen LogP contribution is 2.33. The molecule has 21 heavy (non-hydrogen) atoms. The molecule has 2 atom stereocenters. The van der Waals surface area contributed by atoms with Gasteiger partial charge in [0.25, 0.3) is 0 Å². The number of aliphatic hydroxyl groups is 1. The van der Waals surface area contributed by atoms with Gasteiger partial charge in [-0.05, 0) is 49.7 Å². The number of nitrogen functional groups attached to an aromatic ring is 1. The Balaban J connectivity index is 2.06. The summed E-state index contributed by atoms with van der Waals surface area (Å²) >= 11 is 0. The Hall–Kier alpha value is -1.62. The van der Waals surface area contributed by atoms with Gasteiger partial charge in [0.2, 0.25) is 0 Å². The second-order valence-corrected chi connectivity index (χ2v) is 6.30. The van der Waals surface area contributed by atoms with Crippen molar-refractivity contribution in [2.45, 2.75) is 45.1 Å². The monoisotopic (exact) mass is 288 g/mol. The topological polar surface area (TPSA) is 86.2 Å². The number of aliphatic hydroxyl groups excluding tert-OH is 1. The summed E-state index contributed by atoms with van der Waals surface area (Å²) in [5, 5.41) is 17.6. The van der Waals surface area contributed by atoms with Gasteiger partial charge < -0.3 is 15.7 Å². The molecule has 0 amide bonds. The number of anilines is 1. The van der Waals surface area contributed by atoms with Gasteiger partial charge in [-0.1, -0.05) is 6.92 Å². The Morgan fingerprint density at radius 2 is 2.24 bits per heavy atom. The molecule has 5 nitrogen and oxygen atoms in total. The van der Waals surface area contributed by atoms with Crippen molar-refractivity contribution in [3.63, 3.8) is 0 Å². The van der Waals surface area contributed by atoms with Crippen LogP contribution in [0.15, 0.2) is 6.07 Å². The molecule has 0 radical (unpaired) electrons. The lowest BCUT2D eigenvalue weighted by atomic mass is 9.94. The first-order valence-electron chi connectivity index (χ1n) is 7.86. The summed E-state index contributed by atoms with van der Waals surface area (Å²) in [6.07, 6.45) is 5.45. The number of fused-ring (bicyclic) bond motifs is 1. The van der Waals surface area contributed by atoms with Crippen LogP contribution in [0.3, 0.4) is 0 Å². The van der Waals surface area contributed by atoms with E-state index in [2.05, 4.69) is 17.9 Å². The zero-order chi connectivity index (χ0) is 15.0. The van der Waals surface area contributed by atoms with E-state index in [-0.39, 0.29) is 18.5 Å². The van der Waals surface area contributed by atoms with E-state index in [4.69, 9.17) is 16.1 Å². The van der Waals surface area contributed by atoms with Gasteiger partial charge >= 0.3 is 0 Å². The molecule has 2 heterocycles. The smallest absolute Gasteiger partial charge is 0.140 e. The van der Waals surface area contributed by atoms with Gasteiger partial charge in [-0.3, -0.25) is 5.41 Å². The Labute approximate surface area is 125 Å². The number of rotatable bonds is 3. The summed E-state index contributed by atoms with van der Waals surface area (Å²) in [5.41, 5.74) is 8.91. The maximum absolute atomic E-state index is 9.68. The van der Waals surface area contributed by atoms with E-state index in [1.807, 2.05) is 0 Å². The van der Waals surface area contributed by atoms with Crippen molar-refractivity contribution in [3.8, 4) is 0 Å². The first kappa shape index (κ1) is 14.3. The maximum Gasteiger partial charge on any atom is 0.140 e. The molecule has 4 N–H and O–H groups in total. The normalized spacial score (nSPS) is 25.0. The van der Waals surface area contributed by atoms with Gasteiger partial charge in [0, 0.05) is 12.2 Å². The van der Waals surface area contributed by atoms with E-state index >= 15 is 0 Å². The van der Waals surface area contributed by atoms with E-state index in [1.165, 1.54) is 18.4 Å². The molecule has 1 aliphatic heterocycles. The molecule has 3 rings (SSSR count). The fourth-order valence-electron chi connectivity index (χ4n) is 3.59. The van der Waals surface area contributed by atoms with Gasteiger partial charge in [0.1, 0.15) is 11.7 Å². The van der Waals surface area contributed by atoms with Gasteiger partial charge in [-0.25, -0.2) is 4.98 Å². The minimum absolute atomic E-state index is 0.0714. The molecule has 1 saturated heterocycles. The number of aromatic nitrogens is 1. The molecule has 1 aromatic heterocycles. The van der Waals surface area contributed by atoms with Gasteiger partial charge in [0.05, 0.1) is 18.2 Å². The largest absolute Gasteiger partial charge is 0.394 e. The average Bonchev–Trinajstić information content (AvgIpc) is 2.86. The molecule has 0 aromatic carbocycles. The fraction of sp³-hybridized carbons (Fsp3) is 0.625. The molecule has 2 unspecified atom stereocenters. The number of hydrogen-bond donors (Lipinski definition) is 3. The quantitative estimate of drug-likeness (QED) is 0.580. The highest BCUT2D eigenvalue weighted by molar-refractivity contribution is 6.00. The van der Waals surface area contributed by atoms with E-state index in [1.54, 1.807) is 0 Å². The van der Waals surface area contributed by atoms with Crippen molar-refractivity contribution in [3.05, 3.63) is 22.9 Å². The van der Waals surface area contributed by atoms with Crippen LogP contribution in [0.4, 0.5) is 5.82 Å². The molecule has 1 aromatic rings. The highest BCUT2D eigenvalue weighted by atomic mass is 16.3. The summed E-state index contributed by atoms with van der Waals surface area (Å²) in [5.74, 6) is 1.31. The summed E-state index contributed by atoms with van der Waals surface area (Å²) in [6, 6.07) is 2.13. The van der Waals surface area contributed by atoms with Crippen LogP contribution in [0, 0.1) is 11.3 Å². The average molecular weight is 288 g/mol. The second kappa shape index (κ2) is 5.64. The van der Waals surface area contributed by atoms with E-state index < -0.39 is 0 Å². The molecular weight excluding hydrogens is 264 g/mol. The summed E-state index contributed by atoms with van der Waals surface area (Å²) in [4.78, 5) is 6.99. The number of pyridine rings is 1. The highest BCUT2D eigenvalue weighted by Gasteiger charge is 2.33. The molecule has 0 saturated carbocycles. The first-order valence-corrected chi connectivity index (χ1v) is 7.86. The SMILES string of the molecule is CC1CCN(c2nc3c(cc2C(=N)N)CCCC3)C1CO. The van der Waals surface area contributed by atoms with Crippen molar-refractivity contribution >= 4 is 11.7 Å². The van der Waals surface area contributed by atoms with Crippen LogP contribution in [0.1, 0.15) is 43.0 Å². The number of nitrogens with two attached hydrogens (primary N) is 1. The molecular formula is C16H24N4O. The van der Waals surface area contributed by atoms with Crippen molar-refractivity contribution in [1.29, 1.82) is 5.41 Å². The van der Waals surface area contributed by atoms with Crippen molar-refractivity contribution in [1.82, 2.24) is 4.98 Å². The third-order valence-electron chi connectivity index (χ3n) is 4.91. The third kappa shape index (κ3) is 2.50. The molecule has 5 heteroatoms. The van der Waals surface area contributed by atoms with Crippen LogP contribution in [0.25, 0.3) is 0 Å². The van der Waals surface area contributed by atoms with E-state index in [9.17, 15) is 5.11 Å². The maximum atomic E-state index is 9.68. The number of nitrogens with zero attached hydrogens (tertiary/aromatic N) is 2. The van der Waals surface area contributed by atoms with Crippen molar-refractivity contribution in [2.24, 2.45) is 11.7 Å². The predicted molar refractivity (Wildman–Crippen MR) is 83.9 cm³/mol. The number of amidine groups is 1. The number of aryl methyl sites for hydroxylation is 2. The van der Waals surface area contributed by atoms with Crippen LogP contribution >= 0.6 is 0 Å². The van der Waals surface area contributed by atoms with Crippen LogP contribution in [0.2, 0.25) is 0 Å². The standard InChI is InChI=1S/C16H24N4O/c1-10-6-7-20(14(10)9-21)16-12(15(17)18)8-11-4-2-3-5-13(11)19-16/h8,10,14,21H,2-7,9H2,1H3,(H3,17,18). The van der Waals surface area contributed by atoms with Crippen LogP contribution < -0.4 is 10.6 Å². The lowest BCUT2D eigenvalue weighted by Gasteiger charge is -2.29. The Morgan fingerprint density at radius 1 is 1.48 bits per heavy atom. The Kier molecular flexibility index (Phi) is 3.85. The fourth-order valence-corrected chi connectivity index (χ4v) is 3.59. The second-order valence-electron chi connectivity index (χ2n) is 6.30. The van der Waals surface area contributed by atoms with Gasteiger partial charge in [0.15, 0.2) is 0 Å². The molecule has 1 aliphatic carbocycles. The Morgan fingerprint density at radius 3 is 2.95 bits per heavy atom. The summed E-state index contributed by atoms with van der Waals surface area (Å²) in [6.45, 7) is 3.16. The number of hydrogen-bond acceptors (Lipinski definition) is 4. The first-order chi connectivity index (χ1) is 10.1. The van der Waals surface area contributed by atoms with Gasteiger partial charge in [-0.2, -0.15) is 0 Å².